The lowest BCUT2D eigenvalue weighted by Gasteiger charge is -2.12. The summed E-state index contributed by atoms with van der Waals surface area (Å²) >= 11 is 3.44. The topological polar surface area (TPSA) is 73.9 Å². The maximum atomic E-state index is 12.1. The fraction of sp³-hybridized carbons (Fsp3) is 0.222. The highest BCUT2D eigenvalue weighted by Gasteiger charge is 2.18. The Balaban J connectivity index is 1.59. The molecule has 2 aromatic carbocycles. The zero-order chi connectivity index (χ0) is 18.0. The van der Waals surface area contributed by atoms with E-state index < -0.39 is 11.9 Å². The first-order chi connectivity index (χ1) is 12.0. The highest BCUT2D eigenvalue weighted by Crippen LogP contribution is 2.32. The number of esters is 1. The molecule has 130 valence electrons. The lowest BCUT2D eigenvalue weighted by molar-refractivity contribution is -0.119. The molecule has 0 spiro atoms. The molecule has 1 N–H and O–H groups in total. The van der Waals surface area contributed by atoms with Crippen LogP contribution >= 0.6 is 15.9 Å². The molecule has 6 nitrogen and oxygen atoms in total. The SMILES string of the molecule is Cc1c(Br)ccc(NC(=O)COC(=O)c2ccc3c(c2)OCO3)c1C. The van der Waals surface area contributed by atoms with Gasteiger partial charge in [0, 0.05) is 10.2 Å². The summed E-state index contributed by atoms with van der Waals surface area (Å²) < 4.78 is 16.4. The maximum Gasteiger partial charge on any atom is 0.338 e. The van der Waals surface area contributed by atoms with Crippen molar-refractivity contribution >= 4 is 33.5 Å². The smallest absolute Gasteiger partial charge is 0.338 e. The Morgan fingerprint density at radius 2 is 1.88 bits per heavy atom. The molecule has 0 unspecified atom stereocenters. The van der Waals surface area contributed by atoms with Crippen molar-refractivity contribution in [2.75, 3.05) is 18.7 Å². The molecule has 1 heterocycles. The van der Waals surface area contributed by atoms with Crippen LogP contribution in [0, 0.1) is 13.8 Å². The molecule has 2 aromatic rings. The minimum Gasteiger partial charge on any atom is -0.454 e. The van der Waals surface area contributed by atoms with Crippen molar-refractivity contribution < 1.29 is 23.8 Å². The van der Waals surface area contributed by atoms with E-state index in [1.165, 1.54) is 6.07 Å². The number of fused-ring (bicyclic) bond motifs is 1. The number of halogens is 1. The summed E-state index contributed by atoms with van der Waals surface area (Å²) in [5.74, 6) is 0.0614. The molecule has 0 radical (unpaired) electrons. The van der Waals surface area contributed by atoms with Crippen molar-refractivity contribution in [1.82, 2.24) is 0 Å². The summed E-state index contributed by atoms with van der Waals surface area (Å²) in [6.07, 6.45) is 0. The van der Waals surface area contributed by atoms with Crippen LogP contribution in [0.1, 0.15) is 21.5 Å². The van der Waals surface area contributed by atoms with Gasteiger partial charge in [-0.15, -0.1) is 0 Å². The third-order valence-corrected chi connectivity index (χ3v) is 4.80. The zero-order valence-corrected chi connectivity index (χ0v) is 15.3. The molecule has 0 atom stereocenters. The van der Waals surface area contributed by atoms with Gasteiger partial charge < -0.3 is 19.5 Å². The maximum absolute atomic E-state index is 12.1. The van der Waals surface area contributed by atoms with Crippen LogP contribution in [-0.2, 0) is 9.53 Å². The summed E-state index contributed by atoms with van der Waals surface area (Å²) in [5, 5.41) is 2.75. The standard InChI is InChI=1S/C18H16BrNO5/c1-10-11(2)14(5-4-13(10)19)20-17(21)8-23-18(22)12-3-6-15-16(7-12)25-9-24-15/h3-7H,8-9H2,1-2H3,(H,20,21). The number of hydrogen-bond donors (Lipinski definition) is 1. The van der Waals surface area contributed by atoms with Gasteiger partial charge in [-0.1, -0.05) is 15.9 Å². The van der Waals surface area contributed by atoms with Crippen LogP contribution in [0.25, 0.3) is 0 Å². The van der Waals surface area contributed by atoms with Gasteiger partial charge in [-0.25, -0.2) is 4.79 Å². The Bertz CT molecular complexity index is 850. The lowest BCUT2D eigenvalue weighted by atomic mass is 10.1. The highest BCUT2D eigenvalue weighted by atomic mass is 79.9. The van der Waals surface area contributed by atoms with E-state index in [2.05, 4.69) is 21.2 Å². The van der Waals surface area contributed by atoms with Gasteiger partial charge in [0.25, 0.3) is 5.91 Å². The van der Waals surface area contributed by atoms with Gasteiger partial charge >= 0.3 is 5.97 Å². The second-order valence-electron chi connectivity index (χ2n) is 5.54. The van der Waals surface area contributed by atoms with Crippen molar-refractivity contribution in [2.24, 2.45) is 0 Å². The van der Waals surface area contributed by atoms with Crippen molar-refractivity contribution in [1.29, 1.82) is 0 Å². The van der Waals surface area contributed by atoms with Gasteiger partial charge in [0.2, 0.25) is 6.79 Å². The molecule has 1 aliphatic rings. The van der Waals surface area contributed by atoms with Gasteiger partial charge in [0.1, 0.15) is 0 Å². The summed E-state index contributed by atoms with van der Waals surface area (Å²) in [5.41, 5.74) is 2.97. The Labute approximate surface area is 153 Å². The van der Waals surface area contributed by atoms with Crippen molar-refractivity contribution in [3.05, 3.63) is 51.5 Å². The van der Waals surface area contributed by atoms with E-state index in [1.807, 2.05) is 19.9 Å². The van der Waals surface area contributed by atoms with E-state index in [4.69, 9.17) is 14.2 Å². The Morgan fingerprint density at radius 3 is 2.68 bits per heavy atom. The quantitative estimate of drug-likeness (QED) is 0.786. The average molecular weight is 406 g/mol. The van der Waals surface area contributed by atoms with Crippen LogP contribution in [0.15, 0.2) is 34.8 Å². The highest BCUT2D eigenvalue weighted by molar-refractivity contribution is 9.10. The number of rotatable bonds is 4. The van der Waals surface area contributed by atoms with E-state index >= 15 is 0 Å². The fourth-order valence-electron chi connectivity index (χ4n) is 2.35. The summed E-state index contributed by atoms with van der Waals surface area (Å²) in [6, 6.07) is 8.38. The molecule has 7 heteroatoms. The van der Waals surface area contributed by atoms with Gasteiger partial charge in [-0.2, -0.15) is 0 Å². The molecule has 0 fully saturated rings. The van der Waals surface area contributed by atoms with Crippen LogP contribution < -0.4 is 14.8 Å². The van der Waals surface area contributed by atoms with Crippen LogP contribution in [0.4, 0.5) is 5.69 Å². The number of carbonyl (C=O) groups excluding carboxylic acids is 2. The largest absolute Gasteiger partial charge is 0.454 e. The molecule has 0 aliphatic carbocycles. The zero-order valence-electron chi connectivity index (χ0n) is 13.7. The minimum absolute atomic E-state index is 0.127. The van der Waals surface area contributed by atoms with Crippen LogP contribution in [0.3, 0.4) is 0 Å². The predicted octanol–water partition coefficient (Wildman–Crippen LogP) is 3.59. The van der Waals surface area contributed by atoms with Gasteiger partial charge in [-0.3, -0.25) is 4.79 Å². The first-order valence-electron chi connectivity index (χ1n) is 7.58. The molecule has 1 amide bonds. The predicted molar refractivity (Wildman–Crippen MR) is 95.1 cm³/mol. The molecule has 1 aliphatic heterocycles. The van der Waals surface area contributed by atoms with Crippen LogP contribution in [0.5, 0.6) is 11.5 Å². The summed E-state index contributed by atoms with van der Waals surface area (Å²) in [7, 11) is 0. The molecule has 0 saturated heterocycles. The monoisotopic (exact) mass is 405 g/mol. The molecule has 0 bridgehead atoms. The second kappa shape index (κ2) is 7.14. The van der Waals surface area contributed by atoms with Crippen LogP contribution in [0.2, 0.25) is 0 Å². The molecule has 3 rings (SSSR count). The van der Waals surface area contributed by atoms with Crippen LogP contribution in [-0.4, -0.2) is 25.3 Å². The minimum atomic E-state index is -0.600. The van der Waals surface area contributed by atoms with Crippen molar-refractivity contribution in [2.45, 2.75) is 13.8 Å². The number of carbonyl (C=O) groups is 2. The molecule has 0 aromatic heterocycles. The van der Waals surface area contributed by atoms with Gasteiger partial charge in [0.15, 0.2) is 18.1 Å². The van der Waals surface area contributed by atoms with E-state index in [0.29, 0.717) is 22.7 Å². The van der Waals surface area contributed by atoms with E-state index in [-0.39, 0.29) is 13.4 Å². The fourth-order valence-corrected chi connectivity index (χ4v) is 2.78. The average Bonchev–Trinajstić information content (AvgIpc) is 3.08. The van der Waals surface area contributed by atoms with E-state index in [1.54, 1.807) is 18.2 Å². The first kappa shape index (κ1) is 17.3. The summed E-state index contributed by atoms with van der Waals surface area (Å²) in [6.45, 7) is 3.62. The van der Waals surface area contributed by atoms with E-state index in [9.17, 15) is 9.59 Å². The molecule has 25 heavy (non-hydrogen) atoms. The van der Waals surface area contributed by atoms with Crippen molar-refractivity contribution in [3.8, 4) is 11.5 Å². The second-order valence-corrected chi connectivity index (χ2v) is 6.39. The Hall–Kier alpha value is -2.54. The number of anilines is 1. The van der Waals surface area contributed by atoms with E-state index in [0.717, 1.165) is 15.6 Å². The Kier molecular flexibility index (Phi) is 4.94. The third kappa shape index (κ3) is 3.76. The molecular weight excluding hydrogens is 390 g/mol. The number of ether oxygens (including phenoxy) is 3. The normalized spacial score (nSPS) is 12.0. The van der Waals surface area contributed by atoms with Crippen molar-refractivity contribution in [3.63, 3.8) is 0 Å². The van der Waals surface area contributed by atoms with Gasteiger partial charge in [-0.05, 0) is 55.3 Å². The molecule has 0 saturated carbocycles. The third-order valence-electron chi connectivity index (χ3n) is 3.94. The number of nitrogens with one attached hydrogen (secondary N) is 1. The van der Waals surface area contributed by atoms with Gasteiger partial charge in [0.05, 0.1) is 5.56 Å². The lowest BCUT2D eigenvalue weighted by Crippen LogP contribution is -2.21. The number of amides is 1. The first-order valence-corrected chi connectivity index (χ1v) is 8.37. The Morgan fingerprint density at radius 1 is 1.12 bits per heavy atom. The number of benzene rings is 2. The molecular formula is C18H16BrNO5. The summed E-state index contributed by atoms with van der Waals surface area (Å²) in [4.78, 5) is 24.1. The number of hydrogen-bond acceptors (Lipinski definition) is 5.